The lowest BCUT2D eigenvalue weighted by Crippen LogP contribution is -2.73. The molecule has 0 aromatic heterocycles. The molecule has 10 rings (SSSR count). The number of hydrogen-bond acceptors (Lipinski definition) is 59. The zero-order valence-corrected chi connectivity index (χ0v) is 75.9. The maximum Gasteiger partial charge on any atom is 0.364 e. The molecule has 0 radical (unpaired) electrons. The minimum absolute atomic E-state index is 0.741. The van der Waals surface area contributed by atoms with Crippen molar-refractivity contribution < 1.29 is 313 Å². The molecular weight excluding hydrogens is 1990 g/mol. The lowest BCUT2D eigenvalue weighted by molar-refractivity contribution is -0.420. The zero-order chi connectivity index (χ0) is 107. The first-order valence-corrected chi connectivity index (χ1v) is 44.7. The Morgan fingerprint density at radius 3 is 1.17 bits per heavy atom. The highest BCUT2D eigenvalue weighted by atomic mass is 16.8. The molecule has 66 nitrogen and oxygen atoms in total. The number of hydrogen-bond donors (Lipinski definition) is 40. The first-order chi connectivity index (χ1) is 67.6. The second-order valence-electron chi connectivity index (χ2n) is 35.9. The van der Waals surface area contributed by atoms with E-state index >= 15 is 0 Å². The van der Waals surface area contributed by atoms with E-state index in [0.29, 0.717) is 0 Å². The number of nitrogens with one attached hydrogen (secondary N) is 3. The first kappa shape index (κ1) is 120. The van der Waals surface area contributed by atoms with Gasteiger partial charge in [-0.25, -0.2) is 19.2 Å². The summed E-state index contributed by atoms with van der Waals surface area (Å²) in [5, 5.41) is 424. The van der Waals surface area contributed by atoms with Gasteiger partial charge in [0.2, 0.25) is 17.7 Å². The third kappa shape index (κ3) is 25.4. The van der Waals surface area contributed by atoms with Gasteiger partial charge in [-0.15, -0.1) is 0 Å². The van der Waals surface area contributed by atoms with Gasteiger partial charge in [0, 0.05) is 46.5 Å². The van der Waals surface area contributed by atoms with E-state index in [9.17, 15) is 223 Å². The molecule has 0 bridgehead atoms. The average molecular weight is 2110 g/mol. The highest BCUT2D eigenvalue weighted by Gasteiger charge is 2.68. The predicted molar refractivity (Wildman–Crippen MR) is 433 cm³/mol. The highest BCUT2D eigenvalue weighted by Crippen LogP contribution is 2.47. The molecule has 10 aliphatic rings. The fourth-order valence-electron chi connectivity index (χ4n) is 18.4. The van der Waals surface area contributed by atoms with Crippen LogP contribution < -0.4 is 16.0 Å². The van der Waals surface area contributed by atoms with Crippen LogP contribution in [0.15, 0.2) is 0 Å². The molecular formula is C78H127N3O63. The molecule has 10 saturated heterocycles. The number of ether oxygens (including phenoxy) is 19. The largest absolute Gasteiger partial charge is 0.477 e. The Kier molecular flexibility index (Phi) is 41.9. The third-order valence-corrected chi connectivity index (χ3v) is 25.9. The van der Waals surface area contributed by atoms with Gasteiger partial charge >= 0.3 is 23.9 Å². The summed E-state index contributed by atoms with van der Waals surface area (Å²) in [5.41, 5.74) is 0. The van der Waals surface area contributed by atoms with Crippen molar-refractivity contribution in [2.75, 3.05) is 66.1 Å². The van der Waals surface area contributed by atoms with Crippen LogP contribution in [0.5, 0.6) is 0 Å². The molecule has 0 saturated carbocycles. The molecule has 0 spiro atoms. The maximum atomic E-state index is 14.7. The number of aliphatic hydroxyl groups excluding tert-OH is 32. The molecule has 144 heavy (non-hydrogen) atoms. The van der Waals surface area contributed by atoms with E-state index in [2.05, 4.69) is 16.0 Å². The van der Waals surface area contributed by atoms with Crippen molar-refractivity contribution in [1.29, 1.82) is 0 Å². The van der Waals surface area contributed by atoms with Crippen molar-refractivity contribution in [2.45, 2.75) is 376 Å². The summed E-state index contributed by atoms with van der Waals surface area (Å²) in [7, 11) is 0. The van der Waals surface area contributed by atoms with E-state index in [1.54, 1.807) is 0 Å². The van der Waals surface area contributed by atoms with E-state index in [4.69, 9.17) is 90.0 Å². The van der Waals surface area contributed by atoms with E-state index < -0.39 is 463 Å². The molecule has 1 unspecified atom stereocenters. The zero-order valence-electron chi connectivity index (χ0n) is 75.9. The smallest absolute Gasteiger partial charge is 0.364 e. The lowest BCUT2D eigenvalue weighted by Gasteiger charge is -2.53. The van der Waals surface area contributed by atoms with Gasteiger partial charge < -0.3 is 295 Å². The van der Waals surface area contributed by atoms with Crippen LogP contribution in [-0.4, -0.2) is 626 Å². The molecule has 0 aromatic rings. The second-order valence-corrected chi connectivity index (χ2v) is 35.9. The second kappa shape index (κ2) is 50.2. The number of carbonyl (C=O) groups is 7. The Morgan fingerprint density at radius 2 is 0.681 bits per heavy atom. The number of carboxylic acids is 4. The van der Waals surface area contributed by atoms with Crippen molar-refractivity contribution >= 4 is 41.6 Å². The van der Waals surface area contributed by atoms with Gasteiger partial charge in [0.25, 0.3) is 23.1 Å². The number of amides is 3. The number of aliphatic hydroxyl groups is 33. The minimum atomic E-state index is -4.00. The van der Waals surface area contributed by atoms with Crippen LogP contribution in [0.4, 0.5) is 0 Å². The molecule has 66 heteroatoms. The van der Waals surface area contributed by atoms with Crippen LogP contribution in [0.2, 0.25) is 0 Å². The summed E-state index contributed by atoms with van der Waals surface area (Å²) in [6.07, 6.45) is -128. The van der Waals surface area contributed by atoms with Crippen LogP contribution in [0.1, 0.15) is 46.5 Å². The average Bonchev–Trinajstić information content (AvgIpc) is 0.742. The number of rotatable bonds is 43. The van der Waals surface area contributed by atoms with Crippen molar-refractivity contribution in [3.8, 4) is 0 Å². The van der Waals surface area contributed by atoms with Crippen LogP contribution in [0, 0.1) is 0 Å². The molecule has 0 aliphatic carbocycles. The van der Waals surface area contributed by atoms with E-state index in [1.807, 2.05) is 0 Å². The van der Waals surface area contributed by atoms with Crippen LogP contribution in [0.25, 0.3) is 0 Å². The van der Waals surface area contributed by atoms with Gasteiger partial charge in [-0.05, 0) is 0 Å². The topological polar surface area (TPSA) is 1080 Å². The first-order valence-electron chi connectivity index (χ1n) is 44.7. The van der Waals surface area contributed by atoms with Gasteiger partial charge in [0.05, 0.1) is 103 Å². The monoisotopic (exact) mass is 2110 g/mol. The summed E-state index contributed by atoms with van der Waals surface area (Å²) in [6, 6.07) is -6.51. The molecule has 832 valence electrons. The normalized spacial score (nSPS) is 45.7. The standard InChI is InChI=1S/C78H127N3O63/c1-18(92)79-35-21(95)4-76(72(119)120,142-59(35)39(104)24(98)8-82)139-33(16-90)43(108)60-36(80-19(2)93)22(96)5-78(143-60,74(123)124)144-63-51(116)68(129-34(17-91)57(63)132-65-37(81-20(3)94)58(42(107)32(15-89)126-65)134-66-46(111)44(109)40(105)30(13-87)127-66)135-61-48(113)52(25(99)9-83)130-69(49(61)114)136-62-50(115)70(131-54(27(101)11-85)64(62)137-67-47(112)45(110)41(106)31(14-88)128-67)133-56-29(7-75(125,71(117)118)140-55(56)28(102)12-86)138-77(73(121)122)6-23(97)38(103)53(141-77)26(100)10-84/h21-70,82-91,95-116,125H,4-17H2,1-3H3,(H,79,92)(H,80,93)(H,81,94)(H,117,118)(H,119,120)(H,121,122)(H,123,124)/t21-,22-,23+,24+,25?,26+,27-,28+,29+,30+,31+,32+,33+,34+,35+,36+,37+,38+,39+,40-,41+,42-,43+,44-,45-,46+,47+,48+,49-,50-,51+,52+,53+,54+,55+,56+,57-,58+,59+,60+,61-,62+,63+,64+,65-,66-,67-,68-,69+,70+,75+,76+,77+,78-/m0/s1. The van der Waals surface area contributed by atoms with Gasteiger partial charge in [-0.1, -0.05) is 0 Å². The predicted octanol–water partition coefficient (Wildman–Crippen LogP) is -25.5. The summed E-state index contributed by atoms with van der Waals surface area (Å²) in [6.45, 7) is -12.3. The molecule has 40 N–H and O–H groups in total. The molecule has 10 heterocycles. The van der Waals surface area contributed by atoms with Crippen LogP contribution in [0.3, 0.4) is 0 Å². The fraction of sp³-hybridized carbons (Fsp3) is 0.910. The van der Waals surface area contributed by atoms with Crippen LogP contribution in [-0.2, 0) is 124 Å². The summed E-state index contributed by atoms with van der Waals surface area (Å²) in [5.74, 6) is -28.0. The Bertz CT molecular complexity index is 4150. The summed E-state index contributed by atoms with van der Waals surface area (Å²) < 4.78 is 112. The summed E-state index contributed by atoms with van der Waals surface area (Å²) >= 11 is 0. The van der Waals surface area contributed by atoms with Crippen molar-refractivity contribution in [1.82, 2.24) is 16.0 Å². The molecule has 0 aromatic carbocycles. The molecule has 10 fully saturated rings. The van der Waals surface area contributed by atoms with E-state index in [0.717, 1.165) is 20.8 Å². The SMILES string of the molecule is CC(=O)N[C@H]1[C@H](O[C@@H]2[C@H](O[C@]3(C(=O)O)C[C@H](O)[C@@H](NC(C)=O)[C@H]([C@H](O)[C@@H](CO)O[C@]4(C(=O)O)C[C@H](O)[C@@H](NC(C)=O)[C@H]([C@H](O)[C@H](O)CO)O4)O3)[C@@H](O)[C@H](O[C@@H]3[C@H](O)[C@@H](O[C@@H]4[C@H](O)[C@@H](O[C@H]5[C@@H]([C@H](O)CO)O[C@@](O)(C(=O)O)C[C@H]5O[C@]5(C(=O)O)C[C@@H](O)[C@@H](O)[C@@H]([C@H](O)CO)O5)O[C@H]([C@@H](O)CO)[C@H]4O[C@@H]4O[C@H](CO)[C@@H](O)[C@H](O)[C@H]4O)O[C@H](C(O)CO)[C@H]3O)O[C@@H]2CO)O[C@H](CO)[C@H](O)[C@@H]1O[C@@H]1O[C@H](CO)[C@H](O)[C@H](O)[C@H]1O. The summed E-state index contributed by atoms with van der Waals surface area (Å²) in [4.78, 5) is 93.9. The van der Waals surface area contributed by atoms with E-state index in [-0.39, 0.29) is 0 Å². The molecule has 3 amide bonds. The Morgan fingerprint density at radius 1 is 0.306 bits per heavy atom. The minimum Gasteiger partial charge on any atom is -0.477 e. The van der Waals surface area contributed by atoms with Gasteiger partial charge in [-0.3, -0.25) is 14.4 Å². The van der Waals surface area contributed by atoms with Crippen molar-refractivity contribution in [2.24, 2.45) is 0 Å². The van der Waals surface area contributed by atoms with Crippen LogP contribution >= 0.6 is 0 Å². The van der Waals surface area contributed by atoms with Gasteiger partial charge in [-0.2, -0.15) is 0 Å². The number of carbonyl (C=O) groups excluding carboxylic acids is 3. The Hall–Kier alpha value is -5.79. The lowest BCUT2D eigenvalue weighted by atomic mass is 9.87. The fourth-order valence-corrected chi connectivity index (χ4v) is 18.4. The van der Waals surface area contributed by atoms with Crippen molar-refractivity contribution in [3.63, 3.8) is 0 Å². The Balaban J connectivity index is 1.11. The molecule has 10 aliphatic heterocycles. The van der Waals surface area contributed by atoms with Gasteiger partial charge in [0.1, 0.15) is 232 Å². The quantitative estimate of drug-likeness (QED) is 0.0270. The molecule has 54 atom stereocenters. The Labute approximate surface area is 809 Å². The maximum absolute atomic E-state index is 14.7. The van der Waals surface area contributed by atoms with Crippen molar-refractivity contribution in [3.05, 3.63) is 0 Å². The highest BCUT2D eigenvalue weighted by molar-refractivity contribution is 5.79. The van der Waals surface area contributed by atoms with Gasteiger partial charge in [0.15, 0.2) is 37.7 Å². The number of carboxylic acid groups (broad SMARTS) is 4. The third-order valence-electron chi connectivity index (χ3n) is 25.9. The number of aliphatic carboxylic acids is 4. The van der Waals surface area contributed by atoms with E-state index in [1.165, 1.54) is 0 Å².